The maximum absolute atomic E-state index is 12.9. The summed E-state index contributed by atoms with van der Waals surface area (Å²) in [4.78, 5) is 32.1. The van der Waals surface area contributed by atoms with E-state index < -0.39 is 6.03 Å². The zero-order valence-corrected chi connectivity index (χ0v) is 22.2. The molecule has 0 spiro atoms. The van der Waals surface area contributed by atoms with Crippen LogP contribution in [-0.2, 0) is 12.8 Å². The predicted molar refractivity (Wildman–Crippen MR) is 149 cm³/mol. The quantitative estimate of drug-likeness (QED) is 0.337. The molecular weight excluding hydrogens is 500 g/mol. The first-order chi connectivity index (χ1) is 18.5. The fourth-order valence-electron chi connectivity index (χ4n) is 5.41. The Morgan fingerprint density at radius 2 is 1.74 bits per heavy atom. The summed E-state index contributed by atoms with van der Waals surface area (Å²) in [7, 11) is 2.12. The van der Waals surface area contributed by atoms with Gasteiger partial charge in [-0.2, -0.15) is 0 Å². The van der Waals surface area contributed by atoms with Gasteiger partial charge >= 0.3 is 6.03 Å². The lowest BCUT2D eigenvalue weighted by molar-refractivity contribution is 0.0950. The molecule has 0 bridgehead atoms. The van der Waals surface area contributed by atoms with Crippen LogP contribution in [0.1, 0.15) is 57.9 Å². The molecule has 2 aromatic carbocycles. The van der Waals surface area contributed by atoms with Crippen LogP contribution in [0.2, 0.25) is 5.02 Å². The van der Waals surface area contributed by atoms with E-state index in [0.717, 1.165) is 36.9 Å². The van der Waals surface area contributed by atoms with Gasteiger partial charge in [-0.15, -0.1) is 0 Å². The van der Waals surface area contributed by atoms with E-state index in [9.17, 15) is 9.59 Å². The number of benzene rings is 2. The van der Waals surface area contributed by atoms with E-state index in [1.807, 2.05) is 24.3 Å². The first kappa shape index (κ1) is 26.0. The molecule has 1 aliphatic carbocycles. The van der Waals surface area contributed by atoms with Gasteiger partial charge in [-0.3, -0.25) is 15.6 Å². The van der Waals surface area contributed by atoms with Crippen LogP contribution in [-0.4, -0.2) is 48.0 Å². The molecule has 2 heterocycles. The van der Waals surface area contributed by atoms with E-state index in [4.69, 9.17) is 11.6 Å². The molecule has 198 valence electrons. The maximum atomic E-state index is 12.9. The summed E-state index contributed by atoms with van der Waals surface area (Å²) in [5.41, 5.74) is 10.4. The van der Waals surface area contributed by atoms with Crippen LogP contribution in [0.5, 0.6) is 0 Å². The number of hydrogen-bond donors (Lipinski definition) is 4. The van der Waals surface area contributed by atoms with Crippen molar-refractivity contribution < 1.29 is 9.59 Å². The Bertz CT molecular complexity index is 1270. The molecule has 0 radical (unpaired) electrons. The molecule has 1 saturated heterocycles. The van der Waals surface area contributed by atoms with Gasteiger partial charge in [0.1, 0.15) is 0 Å². The largest absolute Gasteiger partial charge is 0.352 e. The number of nitrogens with zero attached hydrogens (tertiary/aromatic N) is 2. The lowest BCUT2D eigenvalue weighted by Crippen LogP contribution is -2.41. The average Bonchev–Trinajstić information content (AvgIpc) is 3.27. The number of urea groups is 1. The third kappa shape index (κ3) is 5.92. The van der Waals surface area contributed by atoms with Crippen LogP contribution in [0.25, 0.3) is 0 Å². The smallest absolute Gasteiger partial charge is 0.334 e. The lowest BCUT2D eigenvalue weighted by atomic mass is 9.95. The molecule has 1 aromatic heterocycles. The van der Waals surface area contributed by atoms with E-state index >= 15 is 0 Å². The second-order valence-electron chi connectivity index (χ2n) is 9.93. The Morgan fingerprint density at radius 1 is 1.05 bits per heavy atom. The van der Waals surface area contributed by atoms with Gasteiger partial charge in [0, 0.05) is 18.8 Å². The number of likely N-dealkylation sites (tertiary alicyclic amines) is 1. The van der Waals surface area contributed by atoms with Crippen LogP contribution in [0.3, 0.4) is 0 Å². The summed E-state index contributed by atoms with van der Waals surface area (Å²) in [6.07, 6.45) is 6.57. The summed E-state index contributed by atoms with van der Waals surface area (Å²) in [6, 6.07) is 17.7. The average molecular weight is 533 g/mol. The summed E-state index contributed by atoms with van der Waals surface area (Å²) in [5.74, 6) is 0.0376. The molecule has 1 fully saturated rings. The van der Waals surface area contributed by atoms with Crippen LogP contribution >= 0.6 is 11.6 Å². The minimum atomic E-state index is -0.418. The molecule has 8 nitrogen and oxygen atoms in total. The van der Waals surface area contributed by atoms with E-state index in [1.165, 1.54) is 30.2 Å². The molecule has 3 amide bonds. The molecule has 9 heteroatoms. The van der Waals surface area contributed by atoms with Crippen molar-refractivity contribution >= 4 is 29.4 Å². The van der Waals surface area contributed by atoms with E-state index in [0.29, 0.717) is 18.2 Å². The third-order valence-electron chi connectivity index (χ3n) is 7.50. The molecule has 2 aliphatic rings. The number of hydrogen-bond acceptors (Lipinski definition) is 5. The van der Waals surface area contributed by atoms with Gasteiger partial charge < -0.3 is 15.5 Å². The van der Waals surface area contributed by atoms with Crippen LogP contribution in [0.4, 0.5) is 10.6 Å². The van der Waals surface area contributed by atoms with Gasteiger partial charge in [0.15, 0.2) is 5.82 Å². The van der Waals surface area contributed by atoms with Crippen molar-refractivity contribution in [2.45, 2.75) is 44.2 Å². The highest BCUT2D eigenvalue weighted by atomic mass is 35.5. The van der Waals surface area contributed by atoms with Crippen molar-refractivity contribution in [3.63, 3.8) is 0 Å². The third-order valence-corrected chi connectivity index (χ3v) is 7.79. The molecular formula is C29H33ClN6O2. The highest BCUT2D eigenvalue weighted by Gasteiger charge is 2.25. The van der Waals surface area contributed by atoms with Gasteiger partial charge in [0.25, 0.3) is 5.91 Å². The number of hydrazine groups is 1. The first-order valence-corrected chi connectivity index (χ1v) is 13.5. The number of nitrogens with one attached hydrogen (secondary N) is 4. The fraction of sp³-hybridized carbons (Fsp3) is 0.345. The number of carbonyl (C=O) groups excluding carboxylic acids is 2. The number of carbonyl (C=O) groups is 2. The zero-order valence-electron chi connectivity index (χ0n) is 21.5. The number of amides is 3. The zero-order chi connectivity index (χ0) is 26.5. The first-order valence-electron chi connectivity index (χ1n) is 13.1. The summed E-state index contributed by atoms with van der Waals surface area (Å²) < 4.78 is 0. The summed E-state index contributed by atoms with van der Waals surface area (Å²) >= 11 is 6.38. The van der Waals surface area contributed by atoms with Gasteiger partial charge in [0.05, 0.1) is 16.6 Å². The monoisotopic (exact) mass is 532 g/mol. The Balaban J connectivity index is 1.19. The number of aryl methyl sites for hydroxylation is 2. The molecule has 38 heavy (non-hydrogen) atoms. The van der Waals surface area contributed by atoms with Gasteiger partial charge in [-0.1, -0.05) is 60.1 Å². The maximum Gasteiger partial charge on any atom is 0.334 e. The summed E-state index contributed by atoms with van der Waals surface area (Å²) in [5, 5.41) is 6.27. The Kier molecular flexibility index (Phi) is 8.10. The number of halogens is 1. The Hall–Kier alpha value is -3.62. The molecule has 1 unspecified atom stereocenters. The number of rotatable bonds is 7. The van der Waals surface area contributed by atoms with Crippen LogP contribution < -0.4 is 21.5 Å². The van der Waals surface area contributed by atoms with Gasteiger partial charge in [0.2, 0.25) is 0 Å². The Morgan fingerprint density at radius 3 is 2.37 bits per heavy atom. The summed E-state index contributed by atoms with van der Waals surface area (Å²) in [6.45, 7) is 1.71. The molecule has 3 aromatic rings. The van der Waals surface area contributed by atoms with Gasteiger partial charge in [-0.05, 0) is 74.0 Å². The number of anilines is 1. The molecule has 0 saturated carbocycles. The highest BCUT2D eigenvalue weighted by Crippen LogP contribution is 2.32. The van der Waals surface area contributed by atoms with Crippen LogP contribution in [0, 0.1) is 0 Å². The standard InChI is InChI=1S/C29H33ClN6O2/c1-36-16-6-9-22(36)14-15-31-28(37)21-17-25(30)27(32-18-21)34-35-29(38)33-26-23-10-4-2-7-19(23)12-13-20-8-3-5-11-24(20)26/h2-5,7-8,10-11,17-18,22,26H,6,9,12-16H2,1H3,(H,31,37)(H,32,34)(H2,33,35,38). The predicted octanol–water partition coefficient (Wildman–Crippen LogP) is 4.46. The van der Waals surface area contributed by atoms with E-state index in [-0.39, 0.29) is 22.8 Å². The number of pyridine rings is 1. The second-order valence-corrected chi connectivity index (χ2v) is 10.3. The minimum Gasteiger partial charge on any atom is -0.352 e. The number of fused-ring (bicyclic) bond motifs is 2. The van der Waals surface area contributed by atoms with Crippen molar-refractivity contribution in [2.75, 3.05) is 25.6 Å². The number of aromatic nitrogens is 1. The van der Waals surface area contributed by atoms with E-state index in [2.05, 4.69) is 62.7 Å². The molecule has 5 rings (SSSR count). The minimum absolute atomic E-state index is 0.219. The van der Waals surface area contributed by atoms with Crippen molar-refractivity contribution in [3.8, 4) is 0 Å². The van der Waals surface area contributed by atoms with Gasteiger partial charge in [-0.25, -0.2) is 9.78 Å². The molecule has 1 atom stereocenters. The fourth-order valence-corrected chi connectivity index (χ4v) is 5.63. The van der Waals surface area contributed by atoms with Crippen molar-refractivity contribution in [1.82, 2.24) is 25.9 Å². The van der Waals surface area contributed by atoms with Crippen molar-refractivity contribution in [1.29, 1.82) is 0 Å². The van der Waals surface area contributed by atoms with Crippen molar-refractivity contribution in [2.24, 2.45) is 0 Å². The molecule has 4 N–H and O–H groups in total. The highest BCUT2D eigenvalue weighted by molar-refractivity contribution is 6.33. The van der Waals surface area contributed by atoms with Crippen molar-refractivity contribution in [3.05, 3.63) is 93.6 Å². The SMILES string of the molecule is CN1CCCC1CCNC(=O)c1cnc(NNC(=O)NC2c3ccccc3CCc3ccccc32)c(Cl)c1. The Labute approximate surface area is 228 Å². The normalized spacial score (nSPS) is 17.2. The lowest BCUT2D eigenvalue weighted by Gasteiger charge is -2.22. The second kappa shape index (κ2) is 11.8. The van der Waals surface area contributed by atoms with Crippen LogP contribution in [0.15, 0.2) is 60.8 Å². The van der Waals surface area contributed by atoms with E-state index in [1.54, 1.807) is 6.07 Å². The molecule has 1 aliphatic heterocycles. The topological polar surface area (TPSA) is 98.4 Å².